The molecule has 6 heteroatoms. The van der Waals surface area contributed by atoms with E-state index in [0.29, 0.717) is 17.2 Å². The molecule has 1 saturated carbocycles. The molecular weight excluding hydrogens is 270 g/mol. The summed E-state index contributed by atoms with van der Waals surface area (Å²) < 4.78 is 0. The van der Waals surface area contributed by atoms with Crippen LogP contribution in [0.4, 0.5) is 16.2 Å². The number of benzene rings is 1. The zero-order valence-electron chi connectivity index (χ0n) is 12.4. The van der Waals surface area contributed by atoms with Crippen LogP contribution in [0.25, 0.3) is 0 Å². The van der Waals surface area contributed by atoms with Gasteiger partial charge in [-0.3, -0.25) is 10.1 Å². The van der Waals surface area contributed by atoms with Crippen molar-refractivity contribution in [3.8, 4) is 0 Å². The number of nitrogens with zero attached hydrogens (tertiary/aromatic N) is 1. The monoisotopic (exact) mass is 291 g/mol. The lowest BCUT2D eigenvalue weighted by Crippen LogP contribution is -2.43. The fourth-order valence-electron chi connectivity index (χ4n) is 2.75. The van der Waals surface area contributed by atoms with Gasteiger partial charge in [-0.1, -0.05) is 25.8 Å². The van der Waals surface area contributed by atoms with Gasteiger partial charge in [-0.15, -0.1) is 0 Å². The third-order valence-corrected chi connectivity index (χ3v) is 4.09. The quantitative estimate of drug-likeness (QED) is 0.659. The summed E-state index contributed by atoms with van der Waals surface area (Å²) in [6.45, 7) is 3.81. The molecule has 0 radical (unpaired) electrons. The normalized spacial score (nSPS) is 21.6. The largest absolute Gasteiger partial charge is 0.335 e. The zero-order valence-corrected chi connectivity index (χ0v) is 12.4. The van der Waals surface area contributed by atoms with Gasteiger partial charge in [0.05, 0.1) is 4.92 Å². The average molecular weight is 291 g/mol. The third kappa shape index (κ3) is 3.93. The van der Waals surface area contributed by atoms with Gasteiger partial charge in [0, 0.05) is 23.4 Å². The molecule has 0 saturated heterocycles. The van der Waals surface area contributed by atoms with Gasteiger partial charge >= 0.3 is 6.03 Å². The van der Waals surface area contributed by atoms with E-state index < -0.39 is 4.92 Å². The summed E-state index contributed by atoms with van der Waals surface area (Å²) in [5.74, 6) is 0.469. The Morgan fingerprint density at radius 1 is 1.33 bits per heavy atom. The van der Waals surface area contributed by atoms with E-state index in [-0.39, 0.29) is 17.8 Å². The number of hydrogen-bond donors (Lipinski definition) is 2. The molecule has 114 valence electrons. The molecule has 2 amide bonds. The van der Waals surface area contributed by atoms with Crippen molar-refractivity contribution in [3.05, 3.63) is 33.9 Å². The Balaban J connectivity index is 1.99. The second-order valence-corrected chi connectivity index (χ2v) is 5.73. The SMILES string of the molecule is Cc1ccc(NC(=O)NC2CCCCC2C)cc1[N+](=O)[O-]. The van der Waals surface area contributed by atoms with Crippen LogP contribution in [0, 0.1) is 23.0 Å². The third-order valence-electron chi connectivity index (χ3n) is 4.09. The highest BCUT2D eigenvalue weighted by atomic mass is 16.6. The van der Waals surface area contributed by atoms with Crippen molar-refractivity contribution in [2.75, 3.05) is 5.32 Å². The van der Waals surface area contributed by atoms with Crippen LogP contribution in [-0.4, -0.2) is 17.0 Å². The van der Waals surface area contributed by atoms with Crippen molar-refractivity contribution in [3.63, 3.8) is 0 Å². The highest BCUT2D eigenvalue weighted by molar-refractivity contribution is 5.89. The van der Waals surface area contributed by atoms with Gasteiger partial charge in [0.2, 0.25) is 0 Å². The molecule has 2 rings (SSSR count). The molecule has 0 spiro atoms. The molecule has 6 nitrogen and oxygen atoms in total. The van der Waals surface area contributed by atoms with Crippen molar-refractivity contribution in [2.45, 2.75) is 45.6 Å². The minimum absolute atomic E-state index is 0.0128. The molecule has 21 heavy (non-hydrogen) atoms. The summed E-state index contributed by atoms with van der Waals surface area (Å²) >= 11 is 0. The van der Waals surface area contributed by atoms with E-state index in [4.69, 9.17) is 0 Å². The number of rotatable bonds is 3. The Bertz CT molecular complexity index is 545. The molecule has 1 fully saturated rings. The van der Waals surface area contributed by atoms with Crippen LogP contribution >= 0.6 is 0 Å². The molecule has 2 unspecified atom stereocenters. The van der Waals surface area contributed by atoms with E-state index in [1.165, 1.54) is 12.5 Å². The van der Waals surface area contributed by atoms with Gasteiger partial charge in [0.15, 0.2) is 0 Å². The molecule has 0 bridgehead atoms. The fraction of sp³-hybridized carbons (Fsp3) is 0.533. The number of aryl methyl sites for hydroxylation is 1. The smallest absolute Gasteiger partial charge is 0.319 e. The molecule has 1 aliphatic rings. The Labute approximate surface area is 124 Å². The van der Waals surface area contributed by atoms with Crippen molar-refractivity contribution in [1.82, 2.24) is 5.32 Å². The summed E-state index contributed by atoms with van der Waals surface area (Å²) in [4.78, 5) is 22.5. The molecular formula is C15H21N3O3. The molecule has 2 N–H and O–H groups in total. The number of nitrogens with one attached hydrogen (secondary N) is 2. The first kappa shape index (κ1) is 15.3. The van der Waals surface area contributed by atoms with Crippen molar-refractivity contribution < 1.29 is 9.72 Å². The van der Waals surface area contributed by atoms with Crippen LogP contribution in [0.5, 0.6) is 0 Å². The zero-order chi connectivity index (χ0) is 15.4. The highest BCUT2D eigenvalue weighted by Gasteiger charge is 2.23. The van der Waals surface area contributed by atoms with Gasteiger partial charge in [0.1, 0.15) is 0 Å². The maximum Gasteiger partial charge on any atom is 0.319 e. The summed E-state index contributed by atoms with van der Waals surface area (Å²) in [6, 6.07) is 4.58. The van der Waals surface area contributed by atoms with Crippen molar-refractivity contribution >= 4 is 17.4 Å². The topological polar surface area (TPSA) is 84.3 Å². The van der Waals surface area contributed by atoms with Crippen LogP contribution in [0.1, 0.15) is 38.2 Å². The second kappa shape index (κ2) is 6.56. The van der Waals surface area contributed by atoms with Crippen LogP contribution in [0.3, 0.4) is 0 Å². The van der Waals surface area contributed by atoms with Crippen molar-refractivity contribution in [1.29, 1.82) is 0 Å². The predicted molar refractivity (Wildman–Crippen MR) is 81.4 cm³/mol. The van der Waals surface area contributed by atoms with Crippen LogP contribution in [-0.2, 0) is 0 Å². The number of carbonyl (C=O) groups excluding carboxylic acids is 1. The fourth-order valence-corrected chi connectivity index (χ4v) is 2.75. The Hall–Kier alpha value is -2.11. The maximum absolute atomic E-state index is 12.0. The number of amides is 2. The first-order valence-electron chi connectivity index (χ1n) is 7.30. The van der Waals surface area contributed by atoms with E-state index in [9.17, 15) is 14.9 Å². The number of anilines is 1. The Kier molecular flexibility index (Phi) is 4.77. The summed E-state index contributed by atoms with van der Waals surface area (Å²) in [6.07, 6.45) is 4.46. The maximum atomic E-state index is 12.0. The number of nitro benzene ring substituents is 1. The van der Waals surface area contributed by atoms with Crippen LogP contribution in [0.2, 0.25) is 0 Å². The van der Waals surface area contributed by atoms with Crippen LogP contribution in [0.15, 0.2) is 18.2 Å². The number of carbonyl (C=O) groups is 1. The number of urea groups is 1. The minimum Gasteiger partial charge on any atom is -0.335 e. The van der Waals surface area contributed by atoms with E-state index >= 15 is 0 Å². The van der Waals surface area contributed by atoms with Gasteiger partial charge in [-0.2, -0.15) is 0 Å². The predicted octanol–water partition coefficient (Wildman–Crippen LogP) is 3.60. The van der Waals surface area contributed by atoms with Gasteiger partial charge in [-0.05, 0) is 31.7 Å². The average Bonchev–Trinajstić information content (AvgIpc) is 2.43. The number of nitro groups is 1. The molecule has 1 aromatic rings. The highest BCUT2D eigenvalue weighted by Crippen LogP contribution is 2.24. The molecule has 1 aromatic carbocycles. The lowest BCUT2D eigenvalue weighted by atomic mass is 9.86. The van der Waals surface area contributed by atoms with E-state index in [0.717, 1.165) is 19.3 Å². The standard InChI is InChI=1S/C15H21N3O3/c1-10-5-3-4-6-13(10)17-15(19)16-12-8-7-11(2)14(9-12)18(20)21/h7-10,13H,3-6H2,1-2H3,(H2,16,17,19). The first-order valence-corrected chi connectivity index (χ1v) is 7.30. The lowest BCUT2D eigenvalue weighted by Gasteiger charge is -2.29. The van der Waals surface area contributed by atoms with E-state index in [1.807, 2.05) is 0 Å². The van der Waals surface area contributed by atoms with Gasteiger partial charge in [-0.25, -0.2) is 4.79 Å². The first-order chi connectivity index (χ1) is 9.97. The molecule has 0 aromatic heterocycles. The molecule has 0 aliphatic heterocycles. The van der Waals surface area contributed by atoms with Gasteiger partial charge in [0.25, 0.3) is 5.69 Å². The molecule has 1 aliphatic carbocycles. The summed E-state index contributed by atoms with van der Waals surface area (Å²) in [5, 5.41) is 16.5. The lowest BCUT2D eigenvalue weighted by molar-refractivity contribution is -0.385. The Morgan fingerprint density at radius 3 is 2.71 bits per heavy atom. The summed E-state index contributed by atoms with van der Waals surface area (Å²) in [7, 11) is 0. The van der Waals surface area contributed by atoms with Crippen molar-refractivity contribution in [2.24, 2.45) is 5.92 Å². The summed E-state index contributed by atoms with van der Waals surface area (Å²) in [5.41, 5.74) is 1.03. The second-order valence-electron chi connectivity index (χ2n) is 5.73. The minimum atomic E-state index is -0.443. The van der Waals surface area contributed by atoms with E-state index in [2.05, 4.69) is 17.6 Å². The number of hydrogen-bond acceptors (Lipinski definition) is 3. The Morgan fingerprint density at radius 2 is 2.05 bits per heavy atom. The van der Waals surface area contributed by atoms with Gasteiger partial charge < -0.3 is 10.6 Å². The van der Waals surface area contributed by atoms with Crippen LogP contribution < -0.4 is 10.6 Å². The molecule has 2 atom stereocenters. The van der Waals surface area contributed by atoms with E-state index in [1.54, 1.807) is 19.1 Å². The molecule has 0 heterocycles.